The van der Waals surface area contributed by atoms with Crippen LogP contribution in [-0.4, -0.2) is 27.7 Å². The molecule has 4 N–H and O–H groups in total. The molecule has 0 aromatic carbocycles. The molecule has 0 spiro atoms. The minimum Gasteiger partial charge on any atom is -0.394 e. The second-order valence-electron chi connectivity index (χ2n) is 2.65. The molecule has 0 aliphatic heterocycles. The van der Waals surface area contributed by atoms with Crippen molar-refractivity contribution in [1.82, 2.24) is 9.97 Å². The summed E-state index contributed by atoms with van der Waals surface area (Å²) in [6.45, 7) is 1.80. The van der Waals surface area contributed by atoms with E-state index < -0.39 is 0 Å². The zero-order chi connectivity index (χ0) is 9.84. The van der Waals surface area contributed by atoms with Crippen molar-refractivity contribution in [1.29, 1.82) is 0 Å². The van der Waals surface area contributed by atoms with Crippen molar-refractivity contribution in [2.45, 2.75) is 13.0 Å². The van der Waals surface area contributed by atoms with E-state index in [4.69, 9.17) is 22.4 Å². The fourth-order valence-corrected chi connectivity index (χ4v) is 0.901. The Morgan fingerprint density at radius 1 is 1.69 bits per heavy atom. The van der Waals surface area contributed by atoms with E-state index in [1.165, 1.54) is 6.33 Å². The van der Waals surface area contributed by atoms with Gasteiger partial charge in [-0.15, -0.1) is 0 Å². The Morgan fingerprint density at radius 3 is 3.00 bits per heavy atom. The highest BCUT2D eigenvalue weighted by atomic mass is 35.5. The van der Waals surface area contributed by atoms with Crippen molar-refractivity contribution in [3.63, 3.8) is 0 Å². The van der Waals surface area contributed by atoms with Crippen LogP contribution in [0.15, 0.2) is 6.33 Å². The quantitative estimate of drug-likeness (QED) is 0.622. The number of anilines is 2. The number of nitrogens with zero attached hydrogens (tertiary/aromatic N) is 2. The van der Waals surface area contributed by atoms with E-state index in [1.807, 2.05) is 0 Å². The van der Waals surface area contributed by atoms with E-state index in [0.29, 0.717) is 11.5 Å². The zero-order valence-electron chi connectivity index (χ0n) is 7.16. The van der Waals surface area contributed by atoms with Crippen molar-refractivity contribution >= 4 is 23.1 Å². The highest BCUT2D eigenvalue weighted by Gasteiger charge is 2.07. The summed E-state index contributed by atoms with van der Waals surface area (Å²) in [4.78, 5) is 7.58. The summed E-state index contributed by atoms with van der Waals surface area (Å²) in [5.74, 6) is 0.446. The van der Waals surface area contributed by atoms with Crippen LogP contribution in [0.2, 0.25) is 5.15 Å². The normalized spacial score (nSPS) is 12.5. The lowest BCUT2D eigenvalue weighted by Crippen LogP contribution is -2.21. The van der Waals surface area contributed by atoms with Gasteiger partial charge in [0.15, 0.2) is 11.0 Å². The molecule has 0 saturated carbocycles. The molecule has 0 bridgehead atoms. The summed E-state index contributed by atoms with van der Waals surface area (Å²) in [6, 6.07) is -0.117. The molecule has 5 nitrogen and oxygen atoms in total. The molecule has 1 aromatic rings. The van der Waals surface area contributed by atoms with E-state index >= 15 is 0 Å². The first-order valence-electron chi connectivity index (χ1n) is 3.78. The molecule has 0 radical (unpaired) electrons. The Kier molecular flexibility index (Phi) is 3.27. The van der Waals surface area contributed by atoms with Crippen molar-refractivity contribution in [2.24, 2.45) is 0 Å². The van der Waals surface area contributed by atoms with Crippen LogP contribution >= 0.6 is 11.6 Å². The number of halogens is 1. The molecule has 1 aromatic heterocycles. The summed E-state index contributed by atoms with van der Waals surface area (Å²) in [6.07, 6.45) is 1.31. The fraction of sp³-hybridized carbons (Fsp3) is 0.429. The largest absolute Gasteiger partial charge is 0.394 e. The first-order valence-corrected chi connectivity index (χ1v) is 4.16. The number of aliphatic hydroxyl groups excluding tert-OH is 1. The number of aromatic nitrogens is 2. The van der Waals surface area contributed by atoms with Crippen LogP contribution in [0.4, 0.5) is 11.5 Å². The molecule has 0 amide bonds. The molecule has 0 aliphatic rings. The number of nitrogens with two attached hydrogens (primary N) is 1. The summed E-state index contributed by atoms with van der Waals surface area (Å²) < 4.78 is 0. The molecule has 0 fully saturated rings. The number of nitrogens with one attached hydrogen (secondary N) is 1. The molecule has 6 heteroatoms. The maximum atomic E-state index is 8.78. The maximum Gasteiger partial charge on any atom is 0.157 e. The van der Waals surface area contributed by atoms with Crippen LogP contribution in [0.25, 0.3) is 0 Å². The van der Waals surface area contributed by atoms with Gasteiger partial charge in [0, 0.05) is 6.04 Å². The number of hydrogen-bond acceptors (Lipinski definition) is 5. The maximum absolute atomic E-state index is 8.78. The fourth-order valence-electron chi connectivity index (χ4n) is 0.768. The first kappa shape index (κ1) is 10.0. The molecule has 72 valence electrons. The van der Waals surface area contributed by atoms with Crippen LogP contribution in [0.3, 0.4) is 0 Å². The lowest BCUT2D eigenvalue weighted by atomic mass is 10.3. The molecular weight excluding hydrogens is 192 g/mol. The van der Waals surface area contributed by atoms with E-state index in [0.717, 1.165) is 0 Å². The van der Waals surface area contributed by atoms with Crippen LogP contribution < -0.4 is 11.1 Å². The van der Waals surface area contributed by atoms with E-state index in [2.05, 4.69) is 15.3 Å². The van der Waals surface area contributed by atoms with Gasteiger partial charge < -0.3 is 16.2 Å². The van der Waals surface area contributed by atoms with Crippen LogP contribution in [0, 0.1) is 0 Å². The Hall–Kier alpha value is -1.07. The second-order valence-corrected chi connectivity index (χ2v) is 3.01. The molecule has 0 saturated heterocycles. The van der Waals surface area contributed by atoms with Gasteiger partial charge in [0.2, 0.25) is 0 Å². The van der Waals surface area contributed by atoms with Gasteiger partial charge in [-0.05, 0) is 6.92 Å². The standard InChI is InChI=1S/C7H11ClN4O/c1-4(2-13)12-7-5(9)6(8)10-3-11-7/h3-4,13H,2,9H2,1H3,(H,10,11,12)/t4-/m0/s1. The number of hydrogen-bond donors (Lipinski definition) is 3. The highest BCUT2D eigenvalue weighted by Crippen LogP contribution is 2.22. The number of aliphatic hydroxyl groups is 1. The summed E-state index contributed by atoms with van der Waals surface area (Å²) in [7, 11) is 0. The Morgan fingerprint density at radius 2 is 2.38 bits per heavy atom. The minimum atomic E-state index is -0.117. The molecular formula is C7H11ClN4O. The molecule has 1 rings (SSSR count). The minimum absolute atomic E-state index is 0.00105. The summed E-state index contributed by atoms with van der Waals surface area (Å²) in [5, 5.41) is 11.9. The van der Waals surface area contributed by atoms with Gasteiger partial charge in [0.05, 0.1) is 6.61 Å². The Labute approximate surface area is 81.0 Å². The lowest BCUT2D eigenvalue weighted by Gasteiger charge is -2.12. The van der Waals surface area contributed by atoms with Gasteiger partial charge in [0.1, 0.15) is 12.0 Å². The van der Waals surface area contributed by atoms with E-state index in [9.17, 15) is 0 Å². The zero-order valence-corrected chi connectivity index (χ0v) is 7.91. The Balaban J connectivity index is 2.83. The smallest absolute Gasteiger partial charge is 0.157 e. The summed E-state index contributed by atoms with van der Waals surface area (Å²) >= 11 is 5.66. The molecule has 0 aliphatic carbocycles. The molecule has 0 unspecified atom stereocenters. The highest BCUT2D eigenvalue weighted by molar-refractivity contribution is 6.32. The predicted molar refractivity (Wildman–Crippen MR) is 51.6 cm³/mol. The van der Waals surface area contributed by atoms with Gasteiger partial charge >= 0.3 is 0 Å². The van der Waals surface area contributed by atoms with Crippen LogP contribution in [0.1, 0.15) is 6.92 Å². The monoisotopic (exact) mass is 202 g/mol. The van der Waals surface area contributed by atoms with Crippen LogP contribution in [-0.2, 0) is 0 Å². The van der Waals surface area contributed by atoms with Crippen molar-refractivity contribution in [2.75, 3.05) is 17.7 Å². The SMILES string of the molecule is C[C@@H](CO)Nc1ncnc(Cl)c1N. The van der Waals surface area contributed by atoms with Crippen molar-refractivity contribution < 1.29 is 5.11 Å². The third-order valence-corrected chi connectivity index (χ3v) is 1.79. The molecule has 13 heavy (non-hydrogen) atoms. The third-order valence-electron chi connectivity index (χ3n) is 1.49. The van der Waals surface area contributed by atoms with Gasteiger partial charge in [-0.25, -0.2) is 9.97 Å². The van der Waals surface area contributed by atoms with E-state index in [-0.39, 0.29) is 17.8 Å². The predicted octanol–water partition coefficient (Wildman–Crippen LogP) is 0.505. The van der Waals surface area contributed by atoms with Gasteiger partial charge in [-0.3, -0.25) is 0 Å². The van der Waals surface area contributed by atoms with Gasteiger partial charge in [0.25, 0.3) is 0 Å². The van der Waals surface area contributed by atoms with Crippen molar-refractivity contribution in [3.05, 3.63) is 11.5 Å². The van der Waals surface area contributed by atoms with E-state index in [1.54, 1.807) is 6.92 Å². The number of rotatable bonds is 3. The molecule has 1 heterocycles. The number of nitrogen functional groups attached to an aromatic ring is 1. The lowest BCUT2D eigenvalue weighted by molar-refractivity contribution is 0.281. The van der Waals surface area contributed by atoms with Gasteiger partial charge in [-0.2, -0.15) is 0 Å². The second kappa shape index (κ2) is 4.25. The molecule has 1 atom stereocenters. The van der Waals surface area contributed by atoms with Crippen molar-refractivity contribution in [3.8, 4) is 0 Å². The third kappa shape index (κ3) is 2.43. The van der Waals surface area contributed by atoms with Crippen LogP contribution in [0.5, 0.6) is 0 Å². The average Bonchev–Trinajstić information content (AvgIpc) is 2.13. The first-order chi connectivity index (χ1) is 6.15. The average molecular weight is 203 g/mol. The summed E-state index contributed by atoms with van der Waals surface area (Å²) in [5.41, 5.74) is 5.88. The Bertz CT molecular complexity index is 294. The topological polar surface area (TPSA) is 84.1 Å². The van der Waals surface area contributed by atoms with Gasteiger partial charge in [-0.1, -0.05) is 11.6 Å².